The van der Waals surface area contributed by atoms with E-state index in [1.165, 1.54) is 4.90 Å². The summed E-state index contributed by atoms with van der Waals surface area (Å²) in [4.78, 5) is 30.9. The molecule has 0 aromatic carbocycles. The molecule has 1 fully saturated rings. The summed E-state index contributed by atoms with van der Waals surface area (Å²) in [6.45, 7) is 0.269. The second kappa shape index (κ2) is 3.61. The van der Waals surface area contributed by atoms with Crippen molar-refractivity contribution in [1.29, 1.82) is 0 Å². The lowest BCUT2D eigenvalue weighted by Crippen LogP contribution is -2.39. The Bertz CT molecular complexity index is 329. The summed E-state index contributed by atoms with van der Waals surface area (Å²) in [6.07, 6.45) is 4.88. The first-order valence-corrected chi connectivity index (χ1v) is 4.59. The molecule has 14 heavy (non-hydrogen) atoms. The van der Waals surface area contributed by atoms with Crippen LogP contribution in [-0.2, 0) is 16.1 Å². The number of hydrogen-bond donors (Lipinski definition) is 1. The van der Waals surface area contributed by atoms with Crippen LogP contribution in [0.1, 0.15) is 25.1 Å². The molecule has 0 atom stereocenters. The van der Waals surface area contributed by atoms with E-state index in [2.05, 4.69) is 9.97 Å². The normalized spacial score (nSPS) is 17.6. The van der Waals surface area contributed by atoms with Crippen molar-refractivity contribution in [3.63, 3.8) is 0 Å². The molecule has 5 nitrogen and oxygen atoms in total. The standard InChI is InChI=1S/C9H11N3O2/c13-8-2-1-3-9(14)12(8)6-7-10-4-5-11-7/h4-5H,1-3,6H2,(H,10,11). The van der Waals surface area contributed by atoms with Crippen LogP contribution < -0.4 is 0 Å². The maximum Gasteiger partial charge on any atom is 0.229 e. The van der Waals surface area contributed by atoms with Crippen LogP contribution in [0.4, 0.5) is 0 Å². The molecule has 0 bridgehead atoms. The molecule has 0 saturated carbocycles. The van der Waals surface area contributed by atoms with Gasteiger partial charge in [0, 0.05) is 25.2 Å². The molecule has 1 N–H and O–H groups in total. The number of hydrogen-bond acceptors (Lipinski definition) is 3. The first-order valence-electron chi connectivity index (χ1n) is 4.59. The minimum Gasteiger partial charge on any atom is -0.347 e. The summed E-state index contributed by atoms with van der Waals surface area (Å²) in [5.41, 5.74) is 0. The van der Waals surface area contributed by atoms with Crippen molar-refractivity contribution < 1.29 is 9.59 Å². The number of rotatable bonds is 2. The largest absolute Gasteiger partial charge is 0.347 e. The van der Waals surface area contributed by atoms with Crippen LogP contribution in [0.25, 0.3) is 0 Å². The van der Waals surface area contributed by atoms with Gasteiger partial charge in [-0.1, -0.05) is 0 Å². The highest BCUT2D eigenvalue weighted by Crippen LogP contribution is 2.13. The lowest BCUT2D eigenvalue weighted by atomic mass is 10.1. The number of carbonyl (C=O) groups excluding carboxylic acids is 2. The van der Waals surface area contributed by atoms with E-state index in [1.807, 2.05) is 0 Å². The zero-order valence-corrected chi connectivity index (χ0v) is 7.69. The molecule has 1 saturated heterocycles. The van der Waals surface area contributed by atoms with Crippen molar-refractivity contribution in [2.75, 3.05) is 0 Å². The average molecular weight is 193 g/mol. The average Bonchev–Trinajstić information content (AvgIpc) is 2.64. The Labute approximate surface area is 81.1 Å². The topological polar surface area (TPSA) is 66.1 Å². The number of aromatic amines is 1. The molecule has 74 valence electrons. The maximum atomic E-state index is 11.4. The fraction of sp³-hybridized carbons (Fsp3) is 0.444. The lowest BCUT2D eigenvalue weighted by molar-refractivity contribution is -0.148. The maximum absolute atomic E-state index is 11.4. The highest BCUT2D eigenvalue weighted by molar-refractivity contribution is 5.97. The van der Waals surface area contributed by atoms with E-state index >= 15 is 0 Å². The zero-order chi connectivity index (χ0) is 9.97. The van der Waals surface area contributed by atoms with E-state index < -0.39 is 0 Å². The summed E-state index contributed by atoms with van der Waals surface area (Å²) >= 11 is 0. The second-order valence-electron chi connectivity index (χ2n) is 3.26. The van der Waals surface area contributed by atoms with Crippen molar-refractivity contribution in [3.8, 4) is 0 Å². The Morgan fingerprint density at radius 2 is 2.07 bits per heavy atom. The molecule has 1 aliphatic rings. The number of likely N-dealkylation sites (tertiary alicyclic amines) is 1. The van der Waals surface area contributed by atoms with E-state index in [4.69, 9.17) is 0 Å². The van der Waals surface area contributed by atoms with Gasteiger partial charge in [0.2, 0.25) is 11.8 Å². The summed E-state index contributed by atoms with van der Waals surface area (Å²) in [5, 5.41) is 0. The Morgan fingerprint density at radius 1 is 1.36 bits per heavy atom. The third-order valence-electron chi connectivity index (χ3n) is 2.25. The van der Waals surface area contributed by atoms with Gasteiger partial charge in [0.05, 0.1) is 6.54 Å². The zero-order valence-electron chi connectivity index (χ0n) is 7.69. The fourth-order valence-corrected chi connectivity index (χ4v) is 1.51. The number of nitrogens with zero attached hydrogens (tertiary/aromatic N) is 2. The van der Waals surface area contributed by atoms with Crippen molar-refractivity contribution in [1.82, 2.24) is 14.9 Å². The van der Waals surface area contributed by atoms with Crippen molar-refractivity contribution in [2.24, 2.45) is 0 Å². The van der Waals surface area contributed by atoms with Crippen LogP contribution in [0.15, 0.2) is 12.4 Å². The molecule has 5 heteroatoms. The quantitative estimate of drug-likeness (QED) is 0.693. The Hall–Kier alpha value is -1.65. The van der Waals surface area contributed by atoms with Gasteiger partial charge in [0.25, 0.3) is 0 Å². The van der Waals surface area contributed by atoms with Gasteiger partial charge < -0.3 is 4.98 Å². The van der Waals surface area contributed by atoms with E-state index in [-0.39, 0.29) is 18.4 Å². The van der Waals surface area contributed by atoms with Crippen LogP contribution in [0.5, 0.6) is 0 Å². The molecular weight excluding hydrogens is 182 g/mol. The number of carbonyl (C=O) groups is 2. The molecule has 2 amide bonds. The predicted molar refractivity (Wildman–Crippen MR) is 48.0 cm³/mol. The van der Waals surface area contributed by atoms with E-state index in [0.717, 1.165) is 0 Å². The molecule has 0 radical (unpaired) electrons. The number of piperidine rings is 1. The molecule has 1 aliphatic heterocycles. The summed E-state index contributed by atoms with van der Waals surface area (Å²) in [7, 11) is 0. The molecule has 0 unspecified atom stereocenters. The summed E-state index contributed by atoms with van der Waals surface area (Å²) in [6, 6.07) is 0. The summed E-state index contributed by atoms with van der Waals surface area (Å²) in [5.74, 6) is 0.448. The van der Waals surface area contributed by atoms with Crippen molar-refractivity contribution in [2.45, 2.75) is 25.8 Å². The van der Waals surface area contributed by atoms with Crippen LogP contribution in [0, 0.1) is 0 Å². The van der Waals surface area contributed by atoms with Crippen LogP contribution in [-0.4, -0.2) is 26.7 Å². The first kappa shape index (κ1) is 8.93. The first-order chi connectivity index (χ1) is 6.77. The SMILES string of the molecule is O=C1CCCC(=O)N1Cc1ncc[nH]1. The number of imidazole rings is 1. The minimum atomic E-state index is -0.0994. The molecular formula is C9H11N3O2. The van der Waals surface area contributed by atoms with Gasteiger partial charge in [-0.25, -0.2) is 4.98 Å². The van der Waals surface area contributed by atoms with Gasteiger partial charge in [-0.15, -0.1) is 0 Å². The highest BCUT2D eigenvalue weighted by Gasteiger charge is 2.26. The van der Waals surface area contributed by atoms with Gasteiger partial charge in [-0.05, 0) is 6.42 Å². The third-order valence-corrected chi connectivity index (χ3v) is 2.25. The van der Waals surface area contributed by atoms with E-state index in [0.29, 0.717) is 25.1 Å². The number of imide groups is 1. The van der Waals surface area contributed by atoms with Gasteiger partial charge in [0.1, 0.15) is 5.82 Å². The Balaban J connectivity index is 2.08. The van der Waals surface area contributed by atoms with Crippen LogP contribution in [0.2, 0.25) is 0 Å². The fourth-order valence-electron chi connectivity index (χ4n) is 1.51. The number of amides is 2. The van der Waals surface area contributed by atoms with E-state index in [9.17, 15) is 9.59 Å². The molecule has 1 aromatic rings. The minimum absolute atomic E-state index is 0.0994. The number of aromatic nitrogens is 2. The second-order valence-corrected chi connectivity index (χ2v) is 3.26. The van der Waals surface area contributed by atoms with Crippen molar-refractivity contribution in [3.05, 3.63) is 18.2 Å². The number of H-pyrrole nitrogens is 1. The van der Waals surface area contributed by atoms with Crippen LogP contribution in [0.3, 0.4) is 0 Å². The van der Waals surface area contributed by atoms with Crippen LogP contribution >= 0.6 is 0 Å². The molecule has 1 aromatic heterocycles. The smallest absolute Gasteiger partial charge is 0.229 e. The predicted octanol–water partition coefficient (Wildman–Crippen LogP) is 0.449. The van der Waals surface area contributed by atoms with Gasteiger partial charge in [-0.2, -0.15) is 0 Å². The number of nitrogens with one attached hydrogen (secondary N) is 1. The summed E-state index contributed by atoms with van der Waals surface area (Å²) < 4.78 is 0. The van der Waals surface area contributed by atoms with E-state index in [1.54, 1.807) is 12.4 Å². The Morgan fingerprint density at radius 3 is 2.64 bits per heavy atom. The van der Waals surface area contributed by atoms with Gasteiger partial charge in [0.15, 0.2) is 0 Å². The van der Waals surface area contributed by atoms with Crippen molar-refractivity contribution >= 4 is 11.8 Å². The third kappa shape index (κ3) is 1.66. The van der Waals surface area contributed by atoms with Gasteiger partial charge >= 0.3 is 0 Å². The monoisotopic (exact) mass is 193 g/mol. The molecule has 2 rings (SSSR count). The molecule has 2 heterocycles. The molecule has 0 aliphatic carbocycles. The van der Waals surface area contributed by atoms with Gasteiger partial charge in [-0.3, -0.25) is 14.5 Å². The lowest BCUT2D eigenvalue weighted by Gasteiger charge is -2.23. The Kier molecular flexibility index (Phi) is 2.30. The highest BCUT2D eigenvalue weighted by atomic mass is 16.2. The molecule has 0 spiro atoms.